The normalized spacial score (nSPS) is 10.0. The lowest BCUT2D eigenvalue weighted by Gasteiger charge is -2.07. The molecule has 0 bridgehead atoms. The number of urea groups is 1. The monoisotopic (exact) mass is 346 g/mol. The van der Waals surface area contributed by atoms with Gasteiger partial charge in [0.2, 0.25) is 5.82 Å². The number of carbonyl (C=O) groups excluding carboxylic acids is 2. The van der Waals surface area contributed by atoms with E-state index in [1.807, 2.05) is 0 Å². The fourth-order valence-electron chi connectivity index (χ4n) is 1.90. The second-order valence-corrected chi connectivity index (χ2v) is 4.76. The van der Waals surface area contributed by atoms with Crippen LogP contribution in [0.15, 0.2) is 30.9 Å². The maximum absolute atomic E-state index is 11.8. The maximum Gasteiger partial charge on any atom is 0.321 e. The van der Waals surface area contributed by atoms with Crippen LogP contribution in [0.1, 0.15) is 0 Å². The zero-order valence-electron chi connectivity index (χ0n) is 13.9. The van der Waals surface area contributed by atoms with Crippen molar-refractivity contribution in [1.82, 2.24) is 30.8 Å². The van der Waals surface area contributed by atoms with Crippen LogP contribution in [0, 0.1) is 0 Å². The molecule has 25 heavy (non-hydrogen) atoms. The Kier molecular flexibility index (Phi) is 6.04. The molecule has 2 rings (SSSR count). The number of rotatable bonds is 7. The lowest BCUT2D eigenvalue weighted by atomic mass is 10.2. The van der Waals surface area contributed by atoms with E-state index in [4.69, 9.17) is 9.47 Å². The Balaban J connectivity index is 2.03. The molecule has 0 aliphatic heterocycles. The van der Waals surface area contributed by atoms with Gasteiger partial charge < -0.3 is 14.8 Å². The highest BCUT2D eigenvalue weighted by Crippen LogP contribution is 2.30. The summed E-state index contributed by atoms with van der Waals surface area (Å²) in [5.41, 5.74) is 0.646. The van der Waals surface area contributed by atoms with Gasteiger partial charge in [0.1, 0.15) is 6.54 Å². The molecule has 0 aliphatic rings. The standard InChI is InChI=1S/C15H18N6O4/c1-4-7-16-15(23)17-13(22)9-21-19-14(18-20-21)10-5-6-11(24-2)12(8-10)25-3/h4-6,8H,1,7,9H2,2-3H3,(H2,16,17,22,23). The third kappa shape index (κ3) is 4.77. The third-order valence-corrected chi connectivity index (χ3v) is 3.04. The van der Waals surface area contributed by atoms with Crippen molar-refractivity contribution in [2.45, 2.75) is 6.54 Å². The summed E-state index contributed by atoms with van der Waals surface area (Å²) in [7, 11) is 3.06. The fraction of sp³-hybridized carbons (Fsp3) is 0.267. The predicted molar refractivity (Wildman–Crippen MR) is 88.1 cm³/mol. The van der Waals surface area contributed by atoms with Crippen molar-refractivity contribution in [3.8, 4) is 22.9 Å². The molecule has 2 N–H and O–H groups in total. The SMILES string of the molecule is C=CCNC(=O)NC(=O)Cn1nnc(-c2ccc(OC)c(OC)c2)n1. The Bertz CT molecular complexity index is 773. The zero-order chi connectivity index (χ0) is 18.2. The number of amides is 3. The molecule has 10 heteroatoms. The highest BCUT2D eigenvalue weighted by atomic mass is 16.5. The molecule has 0 saturated heterocycles. The molecule has 0 aliphatic carbocycles. The van der Waals surface area contributed by atoms with Crippen LogP contribution in [0.4, 0.5) is 4.79 Å². The van der Waals surface area contributed by atoms with E-state index >= 15 is 0 Å². The lowest BCUT2D eigenvalue weighted by molar-refractivity contribution is -0.121. The Morgan fingerprint density at radius 1 is 1.28 bits per heavy atom. The largest absolute Gasteiger partial charge is 0.493 e. The molecule has 3 amide bonds. The summed E-state index contributed by atoms with van der Waals surface area (Å²) in [6, 6.07) is 4.53. The Morgan fingerprint density at radius 2 is 2.04 bits per heavy atom. The second kappa shape index (κ2) is 8.43. The van der Waals surface area contributed by atoms with Gasteiger partial charge >= 0.3 is 6.03 Å². The lowest BCUT2D eigenvalue weighted by Crippen LogP contribution is -2.41. The first-order valence-corrected chi connectivity index (χ1v) is 7.26. The van der Waals surface area contributed by atoms with Crippen molar-refractivity contribution in [2.24, 2.45) is 0 Å². The highest BCUT2D eigenvalue weighted by Gasteiger charge is 2.13. The zero-order valence-corrected chi connectivity index (χ0v) is 13.9. The van der Waals surface area contributed by atoms with Gasteiger partial charge in [0.05, 0.1) is 14.2 Å². The Labute approximate surface area is 143 Å². The van der Waals surface area contributed by atoms with Crippen LogP contribution in [-0.4, -0.2) is 52.9 Å². The van der Waals surface area contributed by atoms with Gasteiger partial charge in [-0.05, 0) is 23.4 Å². The fourth-order valence-corrected chi connectivity index (χ4v) is 1.90. The van der Waals surface area contributed by atoms with Crippen molar-refractivity contribution < 1.29 is 19.1 Å². The molecule has 1 heterocycles. The highest BCUT2D eigenvalue weighted by molar-refractivity contribution is 5.94. The minimum Gasteiger partial charge on any atom is -0.493 e. The van der Waals surface area contributed by atoms with E-state index in [1.54, 1.807) is 18.2 Å². The molecule has 0 spiro atoms. The number of nitrogens with zero attached hydrogens (tertiary/aromatic N) is 4. The number of methoxy groups -OCH3 is 2. The van der Waals surface area contributed by atoms with Gasteiger partial charge in [-0.15, -0.1) is 16.8 Å². The topological polar surface area (TPSA) is 120 Å². The Morgan fingerprint density at radius 3 is 2.72 bits per heavy atom. The maximum atomic E-state index is 11.8. The van der Waals surface area contributed by atoms with Crippen molar-refractivity contribution in [3.63, 3.8) is 0 Å². The van der Waals surface area contributed by atoms with Crippen LogP contribution in [0.3, 0.4) is 0 Å². The molecule has 1 aromatic carbocycles. The van der Waals surface area contributed by atoms with Gasteiger partial charge in [0.15, 0.2) is 11.5 Å². The van der Waals surface area contributed by atoms with Crippen LogP contribution >= 0.6 is 0 Å². The number of tetrazole rings is 1. The minimum absolute atomic E-state index is 0.248. The van der Waals surface area contributed by atoms with E-state index in [1.165, 1.54) is 20.3 Å². The number of hydrogen-bond donors (Lipinski definition) is 2. The summed E-state index contributed by atoms with van der Waals surface area (Å²) in [5, 5.41) is 16.4. The first-order valence-electron chi connectivity index (χ1n) is 7.26. The van der Waals surface area contributed by atoms with Gasteiger partial charge in [-0.2, -0.15) is 4.80 Å². The molecule has 0 atom stereocenters. The number of nitrogens with one attached hydrogen (secondary N) is 2. The van der Waals surface area contributed by atoms with Gasteiger partial charge in [0.25, 0.3) is 5.91 Å². The van der Waals surface area contributed by atoms with E-state index in [2.05, 4.69) is 32.6 Å². The van der Waals surface area contributed by atoms with Crippen LogP contribution in [0.2, 0.25) is 0 Å². The summed E-state index contributed by atoms with van der Waals surface area (Å²) < 4.78 is 10.4. The van der Waals surface area contributed by atoms with Crippen molar-refractivity contribution in [2.75, 3.05) is 20.8 Å². The molecule has 2 aromatic rings. The quantitative estimate of drug-likeness (QED) is 0.695. The average Bonchev–Trinajstić information content (AvgIpc) is 3.07. The van der Waals surface area contributed by atoms with Crippen LogP contribution in [0.25, 0.3) is 11.4 Å². The summed E-state index contributed by atoms with van der Waals surface area (Å²) in [6.07, 6.45) is 1.50. The number of carbonyl (C=O) groups is 2. The number of imide groups is 1. The van der Waals surface area contributed by atoms with Crippen LogP contribution < -0.4 is 20.1 Å². The number of hydrogen-bond acceptors (Lipinski definition) is 7. The van der Waals surface area contributed by atoms with Crippen molar-refractivity contribution >= 4 is 11.9 Å². The Hall–Kier alpha value is -3.43. The molecule has 0 unspecified atom stereocenters. The van der Waals surface area contributed by atoms with Crippen LogP contribution in [-0.2, 0) is 11.3 Å². The average molecular weight is 346 g/mol. The first kappa shape index (κ1) is 17.9. The molecule has 132 valence electrons. The first-order chi connectivity index (χ1) is 12.1. The van der Waals surface area contributed by atoms with Crippen molar-refractivity contribution in [3.05, 3.63) is 30.9 Å². The van der Waals surface area contributed by atoms with E-state index < -0.39 is 11.9 Å². The smallest absolute Gasteiger partial charge is 0.321 e. The van der Waals surface area contributed by atoms with Crippen LogP contribution in [0.5, 0.6) is 11.5 Å². The number of aromatic nitrogens is 4. The molecular weight excluding hydrogens is 328 g/mol. The number of ether oxygens (including phenoxy) is 2. The van der Waals surface area contributed by atoms with E-state index in [0.29, 0.717) is 22.9 Å². The third-order valence-electron chi connectivity index (χ3n) is 3.04. The molecule has 0 fully saturated rings. The summed E-state index contributed by atoms with van der Waals surface area (Å²) in [6.45, 7) is 3.46. The molecular formula is C15H18N6O4. The van der Waals surface area contributed by atoms with E-state index in [9.17, 15) is 9.59 Å². The summed E-state index contributed by atoms with van der Waals surface area (Å²) in [5.74, 6) is 0.833. The molecule has 10 nitrogen and oxygen atoms in total. The molecule has 0 radical (unpaired) electrons. The van der Waals surface area contributed by atoms with Gasteiger partial charge in [0, 0.05) is 12.1 Å². The molecule has 0 saturated carbocycles. The minimum atomic E-state index is -0.620. The van der Waals surface area contributed by atoms with E-state index in [0.717, 1.165) is 4.80 Å². The second-order valence-electron chi connectivity index (χ2n) is 4.76. The van der Waals surface area contributed by atoms with E-state index in [-0.39, 0.29) is 13.1 Å². The van der Waals surface area contributed by atoms with Gasteiger partial charge in [-0.3, -0.25) is 10.1 Å². The number of benzene rings is 1. The summed E-state index contributed by atoms with van der Waals surface area (Å²) in [4.78, 5) is 24.2. The van der Waals surface area contributed by atoms with Gasteiger partial charge in [-0.1, -0.05) is 6.08 Å². The van der Waals surface area contributed by atoms with Crippen molar-refractivity contribution in [1.29, 1.82) is 0 Å². The van der Waals surface area contributed by atoms with Gasteiger partial charge in [-0.25, -0.2) is 4.79 Å². The molecule has 1 aromatic heterocycles. The summed E-state index contributed by atoms with van der Waals surface area (Å²) >= 11 is 0. The predicted octanol–water partition coefficient (Wildman–Crippen LogP) is 0.369.